The van der Waals surface area contributed by atoms with E-state index in [9.17, 15) is 13.8 Å². The average Bonchev–Trinajstić information content (AvgIpc) is 2.46. The minimum absolute atomic E-state index is 0.0814. The first-order chi connectivity index (χ1) is 9.56. The van der Waals surface area contributed by atoms with E-state index < -0.39 is 16.8 Å². The van der Waals surface area contributed by atoms with Gasteiger partial charge < -0.3 is 15.3 Å². The molecule has 2 aliphatic rings. The molecule has 0 aromatic heterocycles. The molecule has 1 aliphatic carbocycles. The maximum atomic E-state index is 11.9. The number of hydrogen-bond donors (Lipinski definition) is 2. The van der Waals surface area contributed by atoms with Crippen LogP contribution in [0.1, 0.15) is 25.7 Å². The molecule has 7 heteroatoms. The van der Waals surface area contributed by atoms with Crippen molar-refractivity contribution in [1.82, 2.24) is 10.2 Å². The Balaban J connectivity index is 1.67. The number of carbonyl (C=O) groups excluding carboxylic acids is 1. The highest BCUT2D eigenvalue weighted by Gasteiger charge is 2.26. The molecule has 0 atom stereocenters. The monoisotopic (exact) mass is 302 g/mol. The maximum absolute atomic E-state index is 11.9. The van der Waals surface area contributed by atoms with Gasteiger partial charge in [-0.2, -0.15) is 0 Å². The van der Waals surface area contributed by atoms with Crippen LogP contribution in [0.4, 0.5) is 4.79 Å². The smallest absolute Gasteiger partial charge is 0.317 e. The minimum atomic E-state index is -0.771. The van der Waals surface area contributed by atoms with Gasteiger partial charge in [-0.05, 0) is 31.6 Å². The summed E-state index contributed by atoms with van der Waals surface area (Å²) in [7, 11) is -0.771. The molecule has 0 unspecified atom stereocenters. The number of carboxylic acid groups (broad SMARTS) is 1. The number of aliphatic carboxylic acids is 1. The second-order valence-corrected chi connectivity index (χ2v) is 7.27. The number of hydrogen-bond acceptors (Lipinski definition) is 3. The highest BCUT2D eigenvalue weighted by molar-refractivity contribution is 7.85. The predicted octanol–water partition coefficient (Wildman–Crippen LogP) is 0.651. The van der Waals surface area contributed by atoms with Crippen molar-refractivity contribution in [3.8, 4) is 0 Å². The lowest BCUT2D eigenvalue weighted by atomic mass is 9.82. The lowest BCUT2D eigenvalue weighted by molar-refractivity contribution is -0.143. The van der Waals surface area contributed by atoms with Crippen molar-refractivity contribution in [2.24, 2.45) is 11.8 Å². The number of nitrogens with one attached hydrogen (secondary N) is 1. The third-order valence-electron chi connectivity index (χ3n) is 4.20. The number of amides is 2. The molecule has 2 N–H and O–H groups in total. The van der Waals surface area contributed by atoms with Crippen LogP contribution >= 0.6 is 0 Å². The summed E-state index contributed by atoms with van der Waals surface area (Å²) in [6.07, 6.45) is 3.14. The highest BCUT2D eigenvalue weighted by Crippen LogP contribution is 2.28. The van der Waals surface area contributed by atoms with Gasteiger partial charge >= 0.3 is 12.0 Å². The molecular weight excluding hydrogens is 280 g/mol. The molecule has 6 nitrogen and oxygen atoms in total. The molecule has 0 radical (unpaired) electrons. The topological polar surface area (TPSA) is 86.7 Å². The zero-order chi connectivity index (χ0) is 14.5. The molecule has 0 aromatic carbocycles. The molecule has 2 rings (SSSR count). The summed E-state index contributed by atoms with van der Waals surface area (Å²) in [5.74, 6) is 0.607. The quantitative estimate of drug-likeness (QED) is 0.801. The molecule has 1 aliphatic heterocycles. The Labute approximate surface area is 121 Å². The van der Waals surface area contributed by atoms with E-state index >= 15 is 0 Å². The Bertz CT molecular complexity index is 384. The second-order valence-electron chi connectivity index (χ2n) is 5.58. The molecule has 2 amide bonds. The van der Waals surface area contributed by atoms with E-state index in [1.54, 1.807) is 4.90 Å². The third kappa shape index (κ3) is 4.19. The van der Waals surface area contributed by atoms with E-state index in [4.69, 9.17) is 5.11 Å². The SMILES string of the molecule is O=C(O)C1CCC(CNC(=O)N2CCS(=O)CC2)CC1. The van der Waals surface area contributed by atoms with Gasteiger partial charge in [0.15, 0.2) is 0 Å². The van der Waals surface area contributed by atoms with Crippen molar-refractivity contribution in [3.63, 3.8) is 0 Å². The molecule has 2 fully saturated rings. The normalized spacial score (nSPS) is 28.1. The van der Waals surface area contributed by atoms with Gasteiger partial charge in [0.05, 0.1) is 5.92 Å². The Morgan fingerprint density at radius 1 is 1.15 bits per heavy atom. The molecule has 1 saturated carbocycles. The van der Waals surface area contributed by atoms with E-state index in [1.807, 2.05) is 0 Å². The van der Waals surface area contributed by atoms with E-state index in [-0.39, 0.29) is 11.9 Å². The van der Waals surface area contributed by atoms with Crippen LogP contribution in [0, 0.1) is 11.8 Å². The number of carboxylic acids is 1. The van der Waals surface area contributed by atoms with Crippen molar-refractivity contribution in [1.29, 1.82) is 0 Å². The molecule has 0 spiro atoms. The first-order valence-corrected chi connectivity index (χ1v) is 8.65. The van der Waals surface area contributed by atoms with Crippen LogP contribution in [0.15, 0.2) is 0 Å². The minimum Gasteiger partial charge on any atom is -0.481 e. The summed E-state index contributed by atoms with van der Waals surface area (Å²) in [6.45, 7) is 1.74. The number of carbonyl (C=O) groups is 2. The van der Waals surface area contributed by atoms with Gasteiger partial charge in [0.25, 0.3) is 0 Å². The van der Waals surface area contributed by atoms with Crippen LogP contribution in [0.3, 0.4) is 0 Å². The van der Waals surface area contributed by atoms with Crippen molar-refractivity contribution in [2.45, 2.75) is 25.7 Å². The fourth-order valence-corrected chi connectivity index (χ4v) is 3.85. The van der Waals surface area contributed by atoms with Gasteiger partial charge in [0, 0.05) is 41.9 Å². The standard InChI is InChI=1S/C13H22N2O4S/c16-12(17)11-3-1-10(2-4-11)9-14-13(18)15-5-7-20(19)8-6-15/h10-11H,1-9H2,(H,14,18)(H,16,17). The number of nitrogens with zero attached hydrogens (tertiary/aromatic N) is 1. The molecule has 1 saturated heterocycles. The van der Waals surface area contributed by atoms with Crippen molar-refractivity contribution in [3.05, 3.63) is 0 Å². The summed E-state index contributed by atoms with van der Waals surface area (Å²) < 4.78 is 11.2. The summed E-state index contributed by atoms with van der Waals surface area (Å²) in [5.41, 5.74) is 0. The summed E-state index contributed by atoms with van der Waals surface area (Å²) >= 11 is 0. The van der Waals surface area contributed by atoms with Gasteiger partial charge in [-0.1, -0.05) is 0 Å². The van der Waals surface area contributed by atoms with Crippen molar-refractivity contribution < 1.29 is 18.9 Å². The Morgan fingerprint density at radius 3 is 2.30 bits per heavy atom. The van der Waals surface area contributed by atoms with Gasteiger partial charge in [-0.3, -0.25) is 9.00 Å². The molecular formula is C13H22N2O4S. The zero-order valence-electron chi connectivity index (χ0n) is 11.5. The summed E-state index contributed by atoms with van der Waals surface area (Å²) in [5, 5.41) is 11.9. The maximum Gasteiger partial charge on any atom is 0.317 e. The van der Waals surface area contributed by atoms with Crippen LogP contribution in [0.25, 0.3) is 0 Å². The first-order valence-electron chi connectivity index (χ1n) is 7.17. The second kappa shape index (κ2) is 7.06. The first kappa shape index (κ1) is 15.3. The van der Waals surface area contributed by atoms with Gasteiger partial charge in [-0.25, -0.2) is 4.79 Å². The van der Waals surface area contributed by atoms with Crippen LogP contribution in [0.2, 0.25) is 0 Å². The van der Waals surface area contributed by atoms with Crippen LogP contribution in [-0.4, -0.2) is 57.4 Å². The Morgan fingerprint density at radius 2 is 1.75 bits per heavy atom. The van der Waals surface area contributed by atoms with Gasteiger partial charge in [-0.15, -0.1) is 0 Å². The van der Waals surface area contributed by atoms with E-state index in [2.05, 4.69) is 5.32 Å². The van der Waals surface area contributed by atoms with Gasteiger partial charge in [0.2, 0.25) is 0 Å². The third-order valence-corrected chi connectivity index (χ3v) is 5.48. The van der Waals surface area contributed by atoms with Crippen LogP contribution < -0.4 is 5.32 Å². The molecule has 114 valence electrons. The van der Waals surface area contributed by atoms with Crippen molar-refractivity contribution >= 4 is 22.8 Å². The highest BCUT2D eigenvalue weighted by atomic mass is 32.2. The predicted molar refractivity (Wildman–Crippen MR) is 75.9 cm³/mol. The van der Waals surface area contributed by atoms with E-state index in [1.165, 1.54) is 0 Å². The molecule has 1 heterocycles. The largest absolute Gasteiger partial charge is 0.481 e. The van der Waals surface area contributed by atoms with E-state index in [0.29, 0.717) is 49.9 Å². The fraction of sp³-hybridized carbons (Fsp3) is 0.846. The number of rotatable bonds is 3. The Hall–Kier alpha value is -1.11. The van der Waals surface area contributed by atoms with Crippen molar-refractivity contribution in [2.75, 3.05) is 31.1 Å². The van der Waals surface area contributed by atoms with Crippen LogP contribution in [-0.2, 0) is 15.6 Å². The zero-order valence-corrected chi connectivity index (χ0v) is 12.4. The van der Waals surface area contributed by atoms with Gasteiger partial charge in [0.1, 0.15) is 0 Å². The number of urea groups is 1. The lowest BCUT2D eigenvalue weighted by Gasteiger charge is -2.29. The molecule has 20 heavy (non-hydrogen) atoms. The molecule has 0 bridgehead atoms. The summed E-state index contributed by atoms with van der Waals surface area (Å²) in [4.78, 5) is 24.5. The van der Waals surface area contributed by atoms with Crippen LogP contribution in [0.5, 0.6) is 0 Å². The fourth-order valence-electron chi connectivity index (χ4n) is 2.80. The molecule has 0 aromatic rings. The average molecular weight is 302 g/mol. The Kier molecular flexibility index (Phi) is 5.39. The summed E-state index contributed by atoms with van der Waals surface area (Å²) in [6, 6.07) is -0.0814. The lowest BCUT2D eigenvalue weighted by Crippen LogP contribution is -2.48. The van der Waals surface area contributed by atoms with E-state index in [0.717, 1.165) is 12.8 Å².